The number of hydrogen-bond acceptors (Lipinski definition) is 2. The molecule has 3 atom stereocenters. The first-order valence-corrected chi connectivity index (χ1v) is 4.51. The first kappa shape index (κ1) is 6.65. The van der Waals surface area contributed by atoms with Gasteiger partial charge in [0.05, 0.1) is 12.5 Å². The molecule has 1 heterocycles. The molecule has 0 spiro atoms. The molecule has 0 amide bonds. The third-order valence-electron chi connectivity index (χ3n) is 2.46. The Balaban J connectivity index is 2.16. The Morgan fingerprint density at radius 1 is 1.50 bits per heavy atom. The Hall–Kier alpha value is -0.0500. The van der Waals surface area contributed by atoms with Gasteiger partial charge in [-0.1, -0.05) is 15.9 Å². The van der Waals surface area contributed by atoms with E-state index in [1.165, 1.54) is 0 Å². The minimum atomic E-state index is 0.0203. The summed E-state index contributed by atoms with van der Waals surface area (Å²) in [4.78, 5) is 11.5. The highest BCUT2D eigenvalue weighted by Gasteiger charge is 2.45. The van der Waals surface area contributed by atoms with Crippen LogP contribution in [-0.4, -0.2) is 17.4 Å². The van der Waals surface area contributed by atoms with Crippen LogP contribution in [0.2, 0.25) is 0 Å². The van der Waals surface area contributed by atoms with Crippen molar-refractivity contribution in [1.82, 2.24) is 0 Å². The van der Waals surface area contributed by atoms with Crippen molar-refractivity contribution in [3.8, 4) is 0 Å². The SMILES string of the molecule is O=C1OC[C@@H]2C1CC[C@H]2Br. The number of esters is 1. The molecule has 1 aliphatic carbocycles. The molecule has 0 aromatic heterocycles. The first-order chi connectivity index (χ1) is 4.79. The molecular weight excluding hydrogens is 196 g/mol. The lowest BCUT2D eigenvalue weighted by Gasteiger charge is -2.05. The van der Waals surface area contributed by atoms with Gasteiger partial charge in [0.1, 0.15) is 0 Å². The van der Waals surface area contributed by atoms with Crippen molar-refractivity contribution in [3.05, 3.63) is 0 Å². The van der Waals surface area contributed by atoms with Crippen molar-refractivity contribution in [1.29, 1.82) is 0 Å². The van der Waals surface area contributed by atoms with Crippen LogP contribution < -0.4 is 0 Å². The molecule has 0 aromatic rings. The van der Waals surface area contributed by atoms with Crippen molar-refractivity contribution >= 4 is 21.9 Å². The van der Waals surface area contributed by atoms with Gasteiger partial charge in [0.25, 0.3) is 0 Å². The van der Waals surface area contributed by atoms with Gasteiger partial charge in [-0.3, -0.25) is 4.79 Å². The van der Waals surface area contributed by atoms with Gasteiger partial charge in [0.2, 0.25) is 0 Å². The van der Waals surface area contributed by atoms with Gasteiger partial charge in [0.15, 0.2) is 0 Å². The molecule has 56 valence electrons. The Kier molecular flexibility index (Phi) is 1.48. The molecule has 2 aliphatic rings. The molecule has 2 fully saturated rings. The third-order valence-corrected chi connectivity index (χ3v) is 3.59. The van der Waals surface area contributed by atoms with E-state index in [4.69, 9.17) is 4.74 Å². The van der Waals surface area contributed by atoms with E-state index >= 15 is 0 Å². The van der Waals surface area contributed by atoms with Gasteiger partial charge in [-0.15, -0.1) is 0 Å². The van der Waals surface area contributed by atoms with E-state index in [1.807, 2.05) is 0 Å². The van der Waals surface area contributed by atoms with Gasteiger partial charge in [-0.05, 0) is 12.8 Å². The molecule has 0 N–H and O–H groups in total. The molecular formula is C7H9BrO2. The van der Waals surface area contributed by atoms with Crippen LogP contribution in [0.3, 0.4) is 0 Å². The van der Waals surface area contributed by atoms with Crippen molar-refractivity contribution in [2.45, 2.75) is 17.7 Å². The summed E-state index contributed by atoms with van der Waals surface area (Å²) >= 11 is 3.54. The largest absolute Gasteiger partial charge is 0.465 e. The predicted molar refractivity (Wildman–Crippen MR) is 39.9 cm³/mol. The number of halogens is 1. The average Bonchev–Trinajstić information content (AvgIpc) is 2.41. The van der Waals surface area contributed by atoms with Gasteiger partial charge in [-0.2, -0.15) is 0 Å². The summed E-state index contributed by atoms with van der Waals surface area (Å²) in [6, 6.07) is 0. The highest BCUT2D eigenvalue weighted by Crippen LogP contribution is 2.41. The van der Waals surface area contributed by atoms with Crippen molar-refractivity contribution < 1.29 is 9.53 Å². The molecule has 3 heteroatoms. The zero-order valence-electron chi connectivity index (χ0n) is 5.55. The summed E-state index contributed by atoms with van der Waals surface area (Å²) < 4.78 is 4.92. The molecule has 1 unspecified atom stereocenters. The molecule has 10 heavy (non-hydrogen) atoms. The van der Waals surface area contributed by atoms with E-state index in [0.29, 0.717) is 17.4 Å². The molecule has 1 saturated heterocycles. The monoisotopic (exact) mass is 204 g/mol. The second-order valence-corrected chi connectivity index (χ2v) is 4.17. The minimum absolute atomic E-state index is 0.0203. The summed E-state index contributed by atoms with van der Waals surface area (Å²) in [7, 11) is 0. The topological polar surface area (TPSA) is 26.3 Å². The van der Waals surface area contributed by atoms with Crippen LogP contribution in [0.5, 0.6) is 0 Å². The van der Waals surface area contributed by atoms with Gasteiger partial charge < -0.3 is 4.74 Å². The highest BCUT2D eigenvalue weighted by atomic mass is 79.9. The second kappa shape index (κ2) is 2.22. The van der Waals surface area contributed by atoms with E-state index in [1.54, 1.807) is 0 Å². The molecule has 1 aliphatic heterocycles. The maximum Gasteiger partial charge on any atom is 0.309 e. The fraction of sp³-hybridized carbons (Fsp3) is 0.857. The number of hydrogen-bond donors (Lipinski definition) is 0. The van der Waals surface area contributed by atoms with Gasteiger partial charge in [-0.25, -0.2) is 0 Å². The predicted octanol–water partition coefficient (Wildman–Crippen LogP) is 1.33. The standard InChI is InChI=1S/C7H9BrO2/c8-6-2-1-4-5(6)3-10-7(4)9/h4-6H,1-3H2/t4?,5-,6-/m1/s1. The number of alkyl halides is 1. The first-order valence-electron chi connectivity index (χ1n) is 3.60. The lowest BCUT2D eigenvalue weighted by Crippen LogP contribution is -2.13. The second-order valence-electron chi connectivity index (χ2n) is 2.99. The van der Waals surface area contributed by atoms with Crippen LogP contribution in [0.25, 0.3) is 0 Å². The lowest BCUT2D eigenvalue weighted by molar-refractivity contribution is -0.141. The van der Waals surface area contributed by atoms with E-state index in [0.717, 1.165) is 12.8 Å². The van der Waals surface area contributed by atoms with Gasteiger partial charge in [0, 0.05) is 10.7 Å². The van der Waals surface area contributed by atoms with E-state index in [2.05, 4.69) is 15.9 Å². The molecule has 2 nitrogen and oxygen atoms in total. The normalized spacial score (nSPS) is 45.3. The lowest BCUT2D eigenvalue weighted by atomic mass is 10.0. The molecule has 2 rings (SSSR count). The Bertz CT molecular complexity index is 169. The molecule has 1 saturated carbocycles. The van der Waals surface area contributed by atoms with E-state index < -0.39 is 0 Å². The zero-order valence-corrected chi connectivity index (χ0v) is 7.13. The number of fused-ring (bicyclic) bond motifs is 1. The fourth-order valence-corrected chi connectivity index (χ4v) is 2.60. The number of carbonyl (C=O) groups excluding carboxylic acids is 1. The van der Waals surface area contributed by atoms with Crippen LogP contribution in [0.4, 0.5) is 0 Å². The average molecular weight is 205 g/mol. The quantitative estimate of drug-likeness (QED) is 0.440. The van der Waals surface area contributed by atoms with Crippen molar-refractivity contribution in [2.24, 2.45) is 11.8 Å². The Labute approximate surface area is 68.1 Å². The van der Waals surface area contributed by atoms with E-state index in [-0.39, 0.29) is 11.9 Å². The Morgan fingerprint density at radius 3 is 3.00 bits per heavy atom. The summed E-state index contributed by atoms with van der Waals surface area (Å²) in [5.41, 5.74) is 0. The molecule has 0 radical (unpaired) electrons. The van der Waals surface area contributed by atoms with Crippen molar-refractivity contribution in [2.75, 3.05) is 6.61 Å². The minimum Gasteiger partial charge on any atom is -0.465 e. The smallest absolute Gasteiger partial charge is 0.309 e. The summed E-state index contributed by atoms with van der Waals surface area (Å²) in [5.74, 6) is 0.698. The third kappa shape index (κ3) is 0.797. The van der Waals surface area contributed by atoms with Crippen LogP contribution in [-0.2, 0) is 9.53 Å². The van der Waals surface area contributed by atoms with Crippen LogP contribution >= 0.6 is 15.9 Å². The highest BCUT2D eigenvalue weighted by molar-refractivity contribution is 9.09. The number of rotatable bonds is 0. The fourth-order valence-electron chi connectivity index (χ4n) is 1.82. The maximum absolute atomic E-state index is 11.0. The van der Waals surface area contributed by atoms with Crippen LogP contribution in [0, 0.1) is 11.8 Å². The number of cyclic esters (lactones) is 1. The number of carbonyl (C=O) groups is 1. The zero-order chi connectivity index (χ0) is 7.14. The summed E-state index contributed by atoms with van der Waals surface area (Å²) in [6.45, 7) is 0.638. The maximum atomic E-state index is 11.0. The Morgan fingerprint density at radius 2 is 2.30 bits per heavy atom. The molecule has 0 aromatic carbocycles. The van der Waals surface area contributed by atoms with Crippen LogP contribution in [0.1, 0.15) is 12.8 Å². The van der Waals surface area contributed by atoms with E-state index in [9.17, 15) is 4.79 Å². The summed E-state index contributed by atoms with van der Waals surface area (Å²) in [5, 5.41) is 0. The van der Waals surface area contributed by atoms with Crippen LogP contribution in [0.15, 0.2) is 0 Å². The summed E-state index contributed by atoms with van der Waals surface area (Å²) in [6.07, 6.45) is 2.14. The van der Waals surface area contributed by atoms with Gasteiger partial charge >= 0.3 is 5.97 Å². The van der Waals surface area contributed by atoms with Crippen molar-refractivity contribution in [3.63, 3.8) is 0 Å². The number of ether oxygens (including phenoxy) is 1. The molecule has 0 bridgehead atoms.